The topological polar surface area (TPSA) is 58.2 Å². The third-order valence-corrected chi connectivity index (χ3v) is 2.92. The van der Waals surface area contributed by atoms with Crippen LogP contribution in [0, 0.1) is 3.57 Å². The Bertz CT molecular complexity index is 403. The van der Waals surface area contributed by atoms with Crippen molar-refractivity contribution < 1.29 is 9.59 Å². The summed E-state index contributed by atoms with van der Waals surface area (Å²) in [5, 5.41) is 5.30. The molecule has 1 rings (SSSR count). The molecular weight excluding hydrogens is 331 g/mol. The molecule has 92 valence electrons. The van der Waals surface area contributed by atoms with Crippen molar-refractivity contribution in [2.24, 2.45) is 0 Å². The Hall–Kier alpha value is -1.11. The zero-order valence-electron chi connectivity index (χ0n) is 9.79. The average Bonchev–Trinajstić information content (AvgIpc) is 2.30. The number of halogens is 1. The molecule has 0 saturated carbocycles. The van der Waals surface area contributed by atoms with Gasteiger partial charge in [0.15, 0.2) is 0 Å². The smallest absolute Gasteiger partial charge is 0.251 e. The summed E-state index contributed by atoms with van der Waals surface area (Å²) in [6, 6.07) is 6.66. The van der Waals surface area contributed by atoms with Gasteiger partial charge in [-0.15, -0.1) is 0 Å². The van der Waals surface area contributed by atoms with Gasteiger partial charge in [-0.3, -0.25) is 9.59 Å². The van der Waals surface area contributed by atoms with Crippen LogP contribution in [0.25, 0.3) is 0 Å². The van der Waals surface area contributed by atoms with Crippen LogP contribution in [0.3, 0.4) is 0 Å². The highest BCUT2D eigenvalue weighted by Gasteiger charge is 2.15. The molecular formula is C12H15IN2O2. The first-order valence-corrected chi connectivity index (χ1v) is 6.46. The maximum atomic E-state index is 11.8. The number of likely N-dealkylation sites (N-methyl/N-ethyl adjacent to an activating group) is 1. The van der Waals surface area contributed by atoms with E-state index in [0.29, 0.717) is 12.1 Å². The summed E-state index contributed by atoms with van der Waals surface area (Å²) in [7, 11) is 0. The Morgan fingerprint density at radius 1 is 1.29 bits per heavy atom. The molecule has 0 fully saturated rings. The lowest BCUT2D eigenvalue weighted by molar-refractivity contribution is -0.122. The Labute approximate surface area is 114 Å². The van der Waals surface area contributed by atoms with Crippen LogP contribution in [0.2, 0.25) is 0 Å². The number of rotatable bonds is 4. The van der Waals surface area contributed by atoms with E-state index in [0.717, 1.165) is 3.57 Å². The summed E-state index contributed by atoms with van der Waals surface area (Å²) in [6.07, 6.45) is 0. The van der Waals surface area contributed by atoms with Gasteiger partial charge in [0.05, 0.1) is 0 Å². The van der Waals surface area contributed by atoms with Crippen LogP contribution in [0.15, 0.2) is 24.3 Å². The summed E-state index contributed by atoms with van der Waals surface area (Å²) >= 11 is 2.17. The largest absolute Gasteiger partial charge is 0.355 e. The van der Waals surface area contributed by atoms with E-state index in [-0.39, 0.29) is 11.8 Å². The number of carbonyl (C=O) groups is 2. The van der Waals surface area contributed by atoms with E-state index in [9.17, 15) is 9.59 Å². The van der Waals surface area contributed by atoms with Gasteiger partial charge in [-0.05, 0) is 60.7 Å². The standard InChI is InChI=1S/C12H15IN2O2/c1-3-14-11(16)8(2)15-12(17)9-4-6-10(13)7-5-9/h4-8H,3H2,1-2H3,(H,14,16)(H,15,17). The van der Waals surface area contributed by atoms with Crippen molar-refractivity contribution in [2.75, 3.05) is 6.54 Å². The van der Waals surface area contributed by atoms with Gasteiger partial charge in [0.1, 0.15) is 6.04 Å². The predicted molar refractivity (Wildman–Crippen MR) is 74.8 cm³/mol. The Kier molecular flexibility index (Phi) is 5.40. The van der Waals surface area contributed by atoms with E-state index in [2.05, 4.69) is 33.2 Å². The fourth-order valence-corrected chi connectivity index (χ4v) is 1.63. The number of carbonyl (C=O) groups excluding carboxylic acids is 2. The van der Waals surface area contributed by atoms with Crippen molar-refractivity contribution in [3.05, 3.63) is 33.4 Å². The first-order valence-electron chi connectivity index (χ1n) is 5.38. The van der Waals surface area contributed by atoms with Crippen LogP contribution in [0.1, 0.15) is 24.2 Å². The van der Waals surface area contributed by atoms with Gasteiger partial charge >= 0.3 is 0 Å². The van der Waals surface area contributed by atoms with Gasteiger partial charge in [-0.1, -0.05) is 0 Å². The minimum Gasteiger partial charge on any atom is -0.355 e. The molecule has 0 heterocycles. The normalized spacial score (nSPS) is 11.7. The van der Waals surface area contributed by atoms with E-state index in [1.54, 1.807) is 19.1 Å². The lowest BCUT2D eigenvalue weighted by Crippen LogP contribution is -2.44. The van der Waals surface area contributed by atoms with Crippen LogP contribution in [-0.4, -0.2) is 24.4 Å². The summed E-state index contributed by atoms with van der Waals surface area (Å²) in [5.41, 5.74) is 0.557. The summed E-state index contributed by atoms with van der Waals surface area (Å²) < 4.78 is 1.07. The number of nitrogens with one attached hydrogen (secondary N) is 2. The van der Waals surface area contributed by atoms with Gasteiger partial charge in [0.2, 0.25) is 5.91 Å². The van der Waals surface area contributed by atoms with Crippen molar-refractivity contribution in [1.82, 2.24) is 10.6 Å². The van der Waals surface area contributed by atoms with Crippen LogP contribution < -0.4 is 10.6 Å². The molecule has 4 nitrogen and oxygen atoms in total. The van der Waals surface area contributed by atoms with Gasteiger partial charge in [0, 0.05) is 15.7 Å². The van der Waals surface area contributed by atoms with Crippen molar-refractivity contribution in [3.8, 4) is 0 Å². The van der Waals surface area contributed by atoms with Crippen LogP contribution in [0.5, 0.6) is 0 Å². The van der Waals surface area contributed by atoms with Gasteiger partial charge in [0.25, 0.3) is 5.91 Å². The van der Waals surface area contributed by atoms with Crippen LogP contribution in [-0.2, 0) is 4.79 Å². The van der Waals surface area contributed by atoms with Crippen molar-refractivity contribution >= 4 is 34.4 Å². The maximum absolute atomic E-state index is 11.8. The SMILES string of the molecule is CCNC(=O)C(C)NC(=O)c1ccc(I)cc1. The third kappa shape index (κ3) is 4.33. The number of benzene rings is 1. The summed E-state index contributed by atoms with van der Waals surface area (Å²) in [5.74, 6) is -0.411. The molecule has 0 aliphatic rings. The van der Waals surface area contributed by atoms with E-state index in [1.807, 2.05) is 19.1 Å². The van der Waals surface area contributed by atoms with Gasteiger partial charge in [-0.2, -0.15) is 0 Å². The zero-order chi connectivity index (χ0) is 12.8. The Morgan fingerprint density at radius 3 is 2.41 bits per heavy atom. The second-order valence-electron chi connectivity index (χ2n) is 3.60. The Morgan fingerprint density at radius 2 is 1.88 bits per heavy atom. The van der Waals surface area contributed by atoms with Gasteiger partial charge < -0.3 is 10.6 Å². The highest BCUT2D eigenvalue weighted by molar-refractivity contribution is 14.1. The number of hydrogen-bond acceptors (Lipinski definition) is 2. The average molecular weight is 346 g/mol. The highest BCUT2D eigenvalue weighted by atomic mass is 127. The Balaban J connectivity index is 2.60. The second kappa shape index (κ2) is 6.58. The van der Waals surface area contributed by atoms with E-state index >= 15 is 0 Å². The minimum atomic E-state index is -0.526. The first-order chi connectivity index (χ1) is 8.04. The first kappa shape index (κ1) is 14.0. The fourth-order valence-electron chi connectivity index (χ4n) is 1.27. The minimum absolute atomic E-state index is 0.175. The van der Waals surface area contributed by atoms with Crippen molar-refractivity contribution in [1.29, 1.82) is 0 Å². The number of hydrogen-bond donors (Lipinski definition) is 2. The molecule has 1 atom stereocenters. The quantitative estimate of drug-likeness (QED) is 0.813. The fraction of sp³-hybridized carbons (Fsp3) is 0.333. The lowest BCUT2D eigenvalue weighted by atomic mass is 10.2. The molecule has 0 radical (unpaired) electrons. The summed E-state index contributed by atoms with van der Waals surface area (Å²) in [4.78, 5) is 23.2. The molecule has 0 aliphatic carbocycles. The molecule has 0 aliphatic heterocycles. The predicted octanol–water partition coefficient (Wildman–Crippen LogP) is 1.55. The molecule has 0 bridgehead atoms. The van der Waals surface area contributed by atoms with Crippen molar-refractivity contribution in [3.63, 3.8) is 0 Å². The molecule has 5 heteroatoms. The van der Waals surface area contributed by atoms with Crippen LogP contribution >= 0.6 is 22.6 Å². The lowest BCUT2D eigenvalue weighted by Gasteiger charge is -2.13. The van der Waals surface area contributed by atoms with E-state index in [4.69, 9.17) is 0 Å². The van der Waals surface area contributed by atoms with E-state index in [1.165, 1.54) is 0 Å². The van der Waals surface area contributed by atoms with E-state index < -0.39 is 6.04 Å². The molecule has 0 saturated heterocycles. The summed E-state index contributed by atoms with van der Waals surface area (Å²) in [6.45, 7) is 4.06. The van der Waals surface area contributed by atoms with Gasteiger partial charge in [-0.25, -0.2) is 0 Å². The molecule has 1 aromatic carbocycles. The molecule has 0 aromatic heterocycles. The zero-order valence-corrected chi connectivity index (χ0v) is 11.9. The molecule has 0 spiro atoms. The van der Waals surface area contributed by atoms with Crippen LogP contribution in [0.4, 0.5) is 0 Å². The second-order valence-corrected chi connectivity index (χ2v) is 4.84. The number of amides is 2. The third-order valence-electron chi connectivity index (χ3n) is 2.20. The highest BCUT2D eigenvalue weighted by Crippen LogP contribution is 2.06. The molecule has 1 aromatic rings. The maximum Gasteiger partial charge on any atom is 0.251 e. The molecule has 2 N–H and O–H groups in total. The molecule has 2 amide bonds. The molecule has 1 unspecified atom stereocenters. The molecule has 17 heavy (non-hydrogen) atoms. The van der Waals surface area contributed by atoms with Crippen molar-refractivity contribution in [2.45, 2.75) is 19.9 Å². The monoisotopic (exact) mass is 346 g/mol.